The summed E-state index contributed by atoms with van der Waals surface area (Å²) < 4.78 is 35.0. The Morgan fingerprint density at radius 1 is 1.21 bits per heavy atom. The van der Waals surface area contributed by atoms with E-state index in [9.17, 15) is 13.2 Å². The first kappa shape index (κ1) is 18.7. The molecule has 1 fully saturated rings. The standard InChI is InChI=1S/C17H25NO5S/c1-13-6-8-14(9-7-13)24(20,21)22-12-17(10-5-11-17)18-15(19)23-16(2,3)4/h6-9H,5,10-12H2,1-4H3,(H,18,19). The van der Waals surface area contributed by atoms with Crippen molar-refractivity contribution < 1.29 is 22.1 Å². The quantitative estimate of drug-likeness (QED) is 0.821. The van der Waals surface area contributed by atoms with E-state index < -0.39 is 27.4 Å². The number of nitrogens with one attached hydrogen (secondary N) is 1. The molecule has 0 saturated heterocycles. The highest BCUT2D eigenvalue weighted by atomic mass is 32.2. The Morgan fingerprint density at radius 3 is 2.25 bits per heavy atom. The molecule has 0 heterocycles. The summed E-state index contributed by atoms with van der Waals surface area (Å²) in [6.45, 7) is 7.11. The number of amides is 1. The second-order valence-corrected chi connectivity index (χ2v) is 8.91. The van der Waals surface area contributed by atoms with Gasteiger partial charge in [0.2, 0.25) is 0 Å². The lowest BCUT2D eigenvalue weighted by Gasteiger charge is -2.41. The average molecular weight is 355 g/mol. The molecule has 1 aromatic carbocycles. The van der Waals surface area contributed by atoms with Gasteiger partial charge in [-0.1, -0.05) is 17.7 Å². The molecule has 1 aliphatic carbocycles. The van der Waals surface area contributed by atoms with E-state index in [-0.39, 0.29) is 11.5 Å². The molecule has 6 nitrogen and oxygen atoms in total. The van der Waals surface area contributed by atoms with Crippen LogP contribution in [0, 0.1) is 6.92 Å². The minimum absolute atomic E-state index is 0.0948. The molecule has 0 spiro atoms. The van der Waals surface area contributed by atoms with E-state index in [4.69, 9.17) is 8.92 Å². The zero-order chi connectivity index (χ0) is 18.0. The fourth-order valence-corrected chi connectivity index (χ4v) is 3.38. The molecule has 1 amide bonds. The molecule has 1 N–H and O–H groups in total. The highest BCUT2D eigenvalue weighted by Gasteiger charge is 2.41. The normalized spacial score (nSPS) is 17.0. The Labute approximate surface area is 143 Å². The Balaban J connectivity index is 2.00. The lowest BCUT2D eigenvalue weighted by Crippen LogP contribution is -2.57. The number of carbonyl (C=O) groups excluding carboxylic acids is 1. The molecule has 7 heteroatoms. The summed E-state index contributed by atoms with van der Waals surface area (Å²) >= 11 is 0. The molecule has 0 unspecified atom stereocenters. The number of alkyl carbamates (subject to hydrolysis) is 1. The van der Waals surface area contributed by atoms with E-state index in [1.165, 1.54) is 12.1 Å². The summed E-state index contributed by atoms with van der Waals surface area (Å²) in [7, 11) is -3.85. The Morgan fingerprint density at radius 2 is 1.79 bits per heavy atom. The van der Waals surface area contributed by atoms with Crippen LogP contribution in [-0.4, -0.2) is 32.3 Å². The Kier molecular flexibility index (Phi) is 5.25. The van der Waals surface area contributed by atoms with Crippen LogP contribution in [0.25, 0.3) is 0 Å². The maximum Gasteiger partial charge on any atom is 0.408 e. The van der Waals surface area contributed by atoms with Crippen LogP contribution in [0.5, 0.6) is 0 Å². The van der Waals surface area contributed by atoms with Gasteiger partial charge >= 0.3 is 6.09 Å². The number of hydrogen-bond donors (Lipinski definition) is 1. The Hall–Kier alpha value is -1.60. The summed E-state index contributed by atoms with van der Waals surface area (Å²) in [5.74, 6) is 0. The summed E-state index contributed by atoms with van der Waals surface area (Å²) in [4.78, 5) is 12.1. The van der Waals surface area contributed by atoms with Gasteiger partial charge in [0.25, 0.3) is 10.1 Å². The fraction of sp³-hybridized carbons (Fsp3) is 0.588. The van der Waals surface area contributed by atoms with Crippen molar-refractivity contribution in [3.05, 3.63) is 29.8 Å². The van der Waals surface area contributed by atoms with Crippen molar-refractivity contribution in [2.24, 2.45) is 0 Å². The molecule has 2 rings (SSSR count). The molecule has 0 atom stereocenters. The van der Waals surface area contributed by atoms with Crippen LogP contribution < -0.4 is 5.32 Å². The topological polar surface area (TPSA) is 81.7 Å². The molecule has 134 valence electrons. The van der Waals surface area contributed by atoms with Gasteiger partial charge in [0.1, 0.15) is 5.60 Å². The zero-order valence-corrected chi connectivity index (χ0v) is 15.4. The van der Waals surface area contributed by atoms with E-state index >= 15 is 0 Å². The van der Waals surface area contributed by atoms with Crippen LogP contribution in [-0.2, 0) is 19.0 Å². The molecule has 0 bridgehead atoms. The maximum absolute atomic E-state index is 12.3. The van der Waals surface area contributed by atoms with Crippen LogP contribution >= 0.6 is 0 Å². The number of carbonyl (C=O) groups is 1. The maximum atomic E-state index is 12.3. The molecule has 0 radical (unpaired) electrons. The number of rotatable bonds is 5. The monoisotopic (exact) mass is 355 g/mol. The van der Waals surface area contributed by atoms with Gasteiger partial charge in [0.05, 0.1) is 17.0 Å². The number of benzene rings is 1. The average Bonchev–Trinajstić information content (AvgIpc) is 2.40. The second kappa shape index (κ2) is 6.72. The predicted molar refractivity (Wildman–Crippen MR) is 90.3 cm³/mol. The lowest BCUT2D eigenvalue weighted by atomic mass is 9.77. The largest absolute Gasteiger partial charge is 0.444 e. The van der Waals surface area contributed by atoms with Crippen molar-refractivity contribution in [2.45, 2.75) is 63.0 Å². The third-order valence-electron chi connectivity index (χ3n) is 3.88. The molecule has 1 aromatic rings. The van der Waals surface area contributed by atoms with Crippen LogP contribution in [0.15, 0.2) is 29.2 Å². The van der Waals surface area contributed by atoms with Crippen LogP contribution in [0.4, 0.5) is 4.79 Å². The smallest absolute Gasteiger partial charge is 0.408 e. The predicted octanol–water partition coefficient (Wildman–Crippen LogP) is 3.15. The summed E-state index contributed by atoms with van der Waals surface area (Å²) in [5.41, 5.74) is -0.319. The van der Waals surface area contributed by atoms with Crippen molar-refractivity contribution >= 4 is 16.2 Å². The van der Waals surface area contributed by atoms with Gasteiger partial charge in [-0.2, -0.15) is 8.42 Å². The number of ether oxygens (including phenoxy) is 1. The van der Waals surface area contributed by atoms with E-state index in [2.05, 4.69) is 5.32 Å². The van der Waals surface area contributed by atoms with Crippen LogP contribution in [0.2, 0.25) is 0 Å². The highest BCUT2D eigenvalue weighted by Crippen LogP contribution is 2.33. The lowest BCUT2D eigenvalue weighted by molar-refractivity contribution is 0.0298. The van der Waals surface area contributed by atoms with Crippen LogP contribution in [0.3, 0.4) is 0 Å². The van der Waals surface area contributed by atoms with Gasteiger partial charge in [-0.25, -0.2) is 4.79 Å². The van der Waals surface area contributed by atoms with Gasteiger partial charge < -0.3 is 10.1 Å². The van der Waals surface area contributed by atoms with Gasteiger partial charge in [-0.05, 0) is 59.1 Å². The SMILES string of the molecule is Cc1ccc(S(=O)(=O)OCC2(NC(=O)OC(C)(C)C)CCC2)cc1. The van der Waals surface area contributed by atoms with E-state index in [0.29, 0.717) is 12.8 Å². The summed E-state index contributed by atoms with van der Waals surface area (Å²) in [6, 6.07) is 6.46. The van der Waals surface area contributed by atoms with Crippen LogP contribution in [0.1, 0.15) is 45.6 Å². The second-order valence-electron chi connectivity index (χ2n) is 7.29. The summed E-state index contributed by atoms with van der Waals surface area (Å²) in [5, 5.41) is 2.77. The van der Waals surface area contributed by atoms with Gasteiger partial charge in [0, 0.05) is 0 Å². The van der Waals surface area contributed by atoms with E-state index in [1.54, 1.807) is 32.9 Å². The highest BCUT2D eigenvalue weighted by molar-refractivity contribution is 7.86. The van der Waals surface area contributed by atoms with Gasteiger partial charge in [0.15, 0.2) is 0 Å². The van der Waals surface area contributed by atoms with E-state index in [1.807, 2.05) is 6.92 Å². The molecule has 0 aliphatic heterocycles. The Bertz CT molecular complexity index is 685. The molecule has 24 heavy (non-hydrogen) atoms. The zero-order valence-electron chi connectivity index (χ0n) is 14.6. The van der Waals surface area contributed by atoms with Gasteiger partial charge in [-0.15, -0.1) is 0 Å². The third kappa shape index (κ3) is 4.95. The first-order chi connectivity index (χ1) is 11.0. The van der Waals surface area contributed by atoms with Crippen molar-refractivity contribution in [3.63, 3.8) is 0 Å². The molecular formula is C17H25NO5S. The third-order valence-corrected chi connectivity index (χ3v) is 5.15. The minimum atomic E-state index is -3.85. The minimum Gasteiger partial charge on any atom is -0.444 e. The number of hydrogen-bond acceptors (Lipinski definition) is 5. The molecule has 1 saturated carbocycles. The first-order valence-electron chi connectivity index (χ1n) is 7.99. The molecule has 0 aromatic heterocycles. The first-order valence-corrected chi connectivity index (χ1v) is 9.40. The van der Waals surface area contributed by atoms with E-state index in [0.717, 1.165) is 12.0 Å². The van der Waals surface area contributed by atoms with Crippen molar-refractivity contribution in [1.29, 1.82) is 0 Å². The van der Waals surface area contributed by atoms with Crippen molar-refractivity contribution in [3.8, 4) is 0 Å². The summed E-state index contributed by atoms with van der Waals surface area (Å²) in [6.07, 6.45) is 1.67. The molecular weight excluding hydrogens is 330 g/mol. The van der Waals surface area contributed by atoms with Gasteiger partial charge in [-0.3, -0.25) is 4.18 Å². The molecule has 1 aliphatic rings. The van der Waals surface area contributed by atoms with Crippen molar-refractivity contribution in [1.82, 2.24) is 5.32 Å². The fourth-order valence-electron chi connectivity index (χ4n) is 2.39. The number of aryl methyl sites for hydroxylation is 1. The van der Waals surface area contributed by atoms with Crippen molar-refractivity contribution in [2.75, 3.05) is 6.61 Å².